The molecule has 170 valence electrons. The smallest absolute Gasteiger partial charge is 0.314 e. The number of carboxylic acid groups (broad SMARTS) is 1. The third-order valence-electron chi connectivity index (χ3n) is 9.28. The van der Waals surface area contributed by atoms with E-state index in [0.29, 0.717) is 22.5 Å². The molecule has 31 heavy (non-hydrogen) atoms. The van der Waals surface area contributed by atoms with Gasteiger partial charge in [-0.3, -0.25) is 9.59 Å². The van der Waals surface area contributed by atoms with Gasteiger partial charge in [0.1, 0.15) is 5.75 Å². The molecule has 0 saturated heterocycles. The third kappa shape index (κ3) is 3.50. The van der Waals surface area contributed by atoms with Crippen LogP contribution in [0.2, 0.25) is 0 Å². The Balaban J connectivity index is 1.65. The summed E-state index contributed by atoms with van der Waals surface area (Å²) in [5, 5.41) is 8.96. The van der Waals surface area contributed by atoms with E-state index >= 15 is 0 Å². The van der Waals surface area contributed by atoms with E-state index in [9.17, 15) is 9.59 Å². The minimum Gasteiger partial charge on any atom is -0.481 e. The molecule has 4 heteroatoms. The fraction of sp³-hybridized carbons (Fsp3) is 0.704. The Labute approximate surface area is 186 Å². The normalized spacial score (nSPS) is 34.3. The van der Waals surface area contributed by atoms with Gasteiger partial charge in [0.2, 0.25) is 0 Å². The molecule has 2 fully saturated rings. The fourth-order valence-corrected chi connectivity index (χ4v) is 8.05. The van der Waals surface area contributed by atoms with Crippen LogP contribution in [0.25, 0.3) is 0 Å². The molecule has 2 saturated carbocycles. The van der Waals surface area contributed by atoms with Gasteiger partial charge >= 0.3 is 11.9 Å². The van der Waals surface area contributed by atoms with Crippen LogP contribution >= 0.6 is 0 Å². The predicted molar refractivity (Wildman–Crippen MR) is 121 cm³/mol. The van der Waals surface area contributed by atoms with Gasteiger partial charge in [-0.15, -0.1) is 0 Å². The number of aliphatic carboxylic acids is 1. The van der Waals surface area contributed by atoms with E-state index in [-0.39, 0.29) is 11.8 Å². The summed E-state index contributed by atoms with van der Waals surface area (Å²) in [6.45, 7) is 13.7. The molecule has 0 bridgehead atoms. The number of aryl methyl sites for hydroxylation is 1. The number of fused-ring (bicyclic) bond motifs is 5. The van der Waals surface area contributed by atoms with Crippen LogP contribution in [-0.2, 0) is 21.4 Å². The van der Waals surface area contributed by atoms with Crippen LogP contribution in [0.15, 0.2) is 12.1 Å². The van der Waals surface area contributed by atoms with E-state index in [2.05, 4.69) is 40.7 Å². The van der Waals surface area contributed by atoms with Gasteiger partial charge in [0.05, 0.1) is 12.3 Å². The maximum atomic E-state index is 12.4. The van der Waals surface area contributed by atoms with Crippen LogP contribution in [0.3, 0.4) is 0 Å². The standard InChI is InChI=1S/C27H38O4/c1-16-12-19(31-24(30)17(2)13-22(28)29)14-18-15-21-26(5)10-7-9-25(3,4)20(26)8-11-27(21,6)23(16)18/h12,14,17,20-21H,7-11,13,15H2,1-6H3,(H,28,29)/t17?,20?,21-,26+,27-/m1/s1. The van der Waals surface area contributed by atoms with E-state index in [1.165, 1.54) is 48.8 Å². The Kier molecular flexibility index (Phi) is 5.30. The van der Waals surface area contributed by atoms with Crippen molar-refractivity contribution in [1.82, 2.24) is 0 Å². The van der Waals surface area contributed by atoms with E-state index in [4.69, 9.17) is 9.84 Å². The summed E-state index contributed by atoms with van der Waals surface area (Å²) < 4.78 is 5.63. The number of esters is 1. The summed E-state index contributed by atoms with van der Waals surface area (Å²) in [5.74, 6) is -0.171. The zero-order chi connectivity index (χ0) is 22.8. The van der Waals surface area contributed by atoms with E-state index in [1.54, 1.807) is 6.92 Å². The minimum absolute atomic E-state index is 0.178. The Morgan fingerprint density at radius 1 is 1.13 bits per heavy atom. The van der Waals surface area contributed by atoms with Gasteiger partial charge in [0.25, 0.3) is 0 Å². The number of carbonyl (C=O) groups is 2. The summed E-state index contributed by atoms with van der Waals surface area (Å²) in [6.07, 6.45) is 7.31. The second-order valence-electron chi connectivity index (χ2n) is 11.8. The first-order chi connectivity index (χ1) is 14.4. The Hall–Kier alpha value is -1.84. The number of hydrogen-bond donors (Lipinski definition) is 1. The van der Waals surface area contributed by atoms with Gasteiger partial charge in [0.15, 0.2) is 0 Å². The second-order valence-corrected chi connectivity index (χ2v) is 11.8. The highest BCUT2D eigenvalue weighted by atomic mass is 16.5. The number of ether oxygens (including phenoxy) is 1. The molecule has 4 rings (SSSR count). The molecule has 0 heterocycles. The maximum Gasteiger partial charge on any atom is 0.314 e. The minimum atomic E-state index is -0.982. The summed E-state index contributed by atoms with van der Waals surface area (Å²) in [6, 6.07) is 4.04. The molecule has 1 aromatic rings. The Bertz CT molecular complexity index is 916. The summed E-state index contributed by atoms with van der Waals surface area (Å²) in [5.41, 5.74) is 4.92. The molecule has 0 spiro atoms. The number of rotatable bonds is 4. The molecule has 3 aliphatic rings. The average molecular weight is 427 g/mol. The van der Waals surface area contributed by atoms with Crippen molar-refractivity contribution in [2.45, 2.75) is 91.9 Å². The highest BCUT2D eigenvalue weighted by molar-refractivity contribution is 5.80. The number of carbonyl (C=O) groups excluding carboxylic acids is 1. The zero-order valence-electron chi connectivity index (χ0n) is 20.0. The second kappa shape index (κ2) is 7.35. The van der Waals surface area contributed by atoms with Gasteiger partial charge in [-0.25, -0.2) is 0 Å². The Morgan fingerprint density at radius 2 is 1.84 bits per heavy atom. The quantitative estimate of drug-likeness (QED) is 0.469. The van der Waals surface area contributed by atoms with Crippen molar-refractivity contribution in [3.05, 3.63) is 28.8 Å². The molecular weight excluding hydrogens is 388 g/mol. The molecule has 3 aliphatic carbocycles. The van der Waals surface area contributed by atoms with Gasteiger partial charge in [0, 0.05) is 0 Å². The van der Waals surface area contributed by atoms with Crippen LogP contribution in [0.4, 0.5) is 0 Å². The Morgan fingerprint density at radius 3 is 2.52 bits per heavy atom. The van der Waals surface area contributed by atoms with E-state index in [1.807, 2.05) is 6.07 Å². The summed E-state index contributed by atoms with van der Waals surface area (Å²) in [7, 11) is 0. The van der Waals surface area contributed by atoms with Crippen molar-refractivity contribution >= 4 is 11.9 Å². The van der Waals surface area contributed by atoms with E-state index < -0.39 is 17.9 Å². The van der Waals surface area contributed by atoms with Crippen LogP contribution < -0.4 is 4.74 Å². The highest BCUT2D eigenvalue weighted by Gasteiger charge is 2.61. The molecular formula is C27H38O4. The van der Waals surface area contributed by atoms with Crippen LogP contribution in [-0.4, -0.2) is 17.0 Å². The van der Waals surface area contributed by atoms with Crippen LogP contribution in [0.1, 0.15) is 89.8 Å². The largest absolute Gasteiger partial charge is 0.481 e. The molecule has 4 nitrogen and oxygen atoms in total. The van der Waals surface area contributed by atoms with Gasteiger partial charge in [-0.2, -0.15) is 0 Å². The summed E-state index contributed by atoms with van der Waals surface area (Å²) >= 11 is 0. The lowest BCUT2D eigenvalue weighted by Crippen LogP contribution is -2.55. The van der Waals surface area contributed by atoms with Gasteiger partial charge < -0.3 is 9.84 Å². The average Bonchev–Trinajstić information content (AvgIpc) is 2.94. The topological polar surface area (TPSA) is 63.6 Å². The lowest BCUT2D eigenvalue weighted by atomic mass is 9.43. The van der Waals surface area contributed by atoms with Crippen LogP contribution in [0, 0.1) is 35.5 Å². The first kappa shape index (κ1) is 22.4. The maximum absolute atomic E-state index is 12.4. The number of benzene rings is 1. The lowest BCUT2D eigenvalue weighted by Gasteiger charge is -2.61. The molecule has 0 aromatic heterocycles. The van der Waals surface area contributed by atoms with Crippen molar-refractivity contribution < 1.29 is 19.4 Å². The monoisotopic (exact) mass is 426 g/mol. The number of hydrogen-bond acceptors (Lipinski definition) is 3. The predicted octanol–water partition coefficient (Wildman–Crippen LogP) is 6.07. The van der Waals surface area contributed by atoms with Crippen molar-refractivity contribution in [2.24, 2.45) is 28.6 Å². The van der Waals surface area contributed by atoms with Gasteiger partial charge in [-0.05, 0) is 95.9 Å². The molecule has 1 aromatic carbocycles. The van der Waals surface area contributed by atoms with Crippen molar-refractivity contribution in [1.29, 1.82) is 0 Å². The van der Waals surface area contributed by atoms with Gasteiger partial charge in [-0.1, -0.05) is 41.0 Å². The van der Waals surface area contributed by atoms with Crippen LogP contribution in [0.5, 0.6) is 5.75 Å². The first-order valence-corrected chi connectivity index (χ1v) is 12.0. The highest BCUT2D eigenvalue weighted by Crippen LogP contribution is 2.67. The molecule has 2 unspecified atom stereocenters. The van der Waals surface area contributed by atoms with E-state index in [0.717, 1.165) is 12.3 Å². The molecule has 1 N–H and O–H groups in total. The third-order valence-corrected chi connectivity index (χ3v) is 9.28. The van der Waals surface area contributed by atoms with Crippen molar-refractivity contribution in [3.8, 4) is 5.75 Å². The first-order valence-electron chi connectivity index (χ1n) is 12.0. The molecule has 0 amide bonds. The lowest BCUT2D eigenvalue weighted by molar-refractivity contribution is -0.145. The summed E-state index contributed by atoms with van der Waals surface area (Å²) in [4.78, 5) is 23.3. The fourth-order valence-electron chi connectivity index (χ4n) is 8.05. The zero-order valence-corrected chi connectivity index (χ0v) is 20.0. The van der Waals surface area contributed by atoms with Crippen molar-refractivity contribution in [3.63, 3.8) is 0 Å². The molecule has 0 aliphatic heterocycles. The molecule has 5 atom stereocenters. The molecule has 0 radical (unpaired) electrons. The SMILES string of the molecule is Cc1cc(OC(=O)C(C)CC(=O)O)cc2c1[C@]1(C)CCC3C(C)(C)CCC[C@]3(C)[C@H]1C2. The number of carboxylic acids is 1. The van der Waals surface area contributed by atoms with Crippen molar-refractivity contribution in [2.75, 3.05) is 0 Å².